The Labute approximate surface area is 177 Å². The number of hydrogen-bond acceptors (Lipinski definition) is 4. The molecule has 0 bridgehead atoms. The molecule has 156 valence electrons. The third-order valence-corrected chi connectivity index (χ3v) is 5.76. The molecule has 3 heterocycles. The van der Waals surface area contributed by atoms with Gasteiger partial charge in [0.25, 0.3) is 5.91 Å². The fourth-order valence-corrected chi connectivity index (χ4v) is 4.04. The Morgan fingerprint density at radius 1 is 1.17 bits per heavy atom. The number of rotatable bonds is 7. The number of benzene rings is 1. The second kappa shape index (κ2) is 9.67. The number of nitrogens with zero attached hydrogens (tertiary/aromatic N) is 4. The molecule has 0 unspecified atom stereocenters. The standard InChI is InChI=1S/C24H29N5O/c1-19-9-5-6-15-28(19)16-8-14-26-24(30)22-18-29(21-11-3-2-4-12-21)27-23(22)20-10-7-13-25-17-20/h2-4,7,10-13,17-19H,5-6,8-9,14-16H2,1H3,(H,26,30)/t19-/m1/s1. The molecule has 0 aliphatic carbocycles. The minimum Gasteiger partial charge on any atom is -0.352 e. The summed E-state index contributed by atoms with van der Waals surface area (Å²) in [6.45, 7) is 5.16. The van der Waals surface area contributed by atoms with Crippen LogP contribution in [0.3, 0.4) is 0 Å². The van der Waals surface area contributed by atoms with Crippen molar-refractivity contribution in [1.82, 2.24) is 25.0 Å². The van der Waals surface area contributed by atoms with Gasteiger partial charge in [0.15, 0.2) is 0 Å². The molecule has 1 amide bonds. The Morgan fingerprint density at radius 2 is 2.03 bits per heavy atom. The zero-order valence-corrected chi connectivity index (χ0v) is 17.5. The lowest BCUT2D eigenvalue weighted by atomic mass is 10.0. The maximum Gasteiger partial charge on any atom is 0.255 e. The highest BCUT2D eigenvalue weighted by Crippen LogP contribution is 2.23. The van der Waals surface area contributed by atoms with Gasteiger partial charge in [-0.25, -0.2) is 4.68 Å². The molecule has 1 aliphatic rings. The predicted molar refractivity (Wildman–Crippen MR) is 119 cm³/mol. The van der Waals surface area contributed by atoms with Crippen molar-refractivity contribution in [3.05, 3.63) is 66.6 Å². The zero-order valence-electron chi connectivity index (χ0n) is 17.5. The van der Waals surface area contributed by atoms with Crippen LogP contribution in [0.25, 0.3) is 16.9 Å². The first-order valence-electron chi connectivity index (χ1n) is 10.8. The smallest absolute Gasteiger partial charge is 0.255 e. The number of nitrogens with one attached hydrogen (secondary N) is 1. The first-order valence-corrected chi connectivity index (χ1v) is 10.8. The molecular weight excluding hydrogens is 374 g/mol. The van der Waals surface area contributed by atoms with Crippen LogP contribution in [0.15, 0.2) is 61.1 Å². The van der Waals surface area contributed by atoms with Gasteiger partial charge in [0, 0.05) is 43.3 Å². The van der Waals surface area contributed by atoms with Crippen LogP contribution < -0.4 is 5.32 Å². The Hall–Kier alpha value is -2.99. The third kappa shape index (κ3) is 4.76. The number of carbonyl (C=O) groups excluding carboxylic acids is 1. The van der Waals surface area contributed by atoms with E-state index in [9.17, 15) is 4.79 Å². The van der Waals surface area contributed by atoms with Crippen LogP contribution in [0.1, 0.15) is 43.0 Å². The highest BCUT2D eigenvalue weighted by Gasteiger charge is 2.20. The van der Waals surface area contributed by atoms with Crippen molar-refractivity contribution in [3.8, 4) is 16.9 Å². The van der Waals surface area contributed by atoms with E-state index in [1.165, 1.54) is 25.8 Å². The zero-order chi connectivity index (χ0) is 20.8. The highest BCUT2D eigenvalue weighted by molar-refractivity contribution is 5.99. The lowest BCUT2D eigenvalue weighted by molar-refractivity contribution is 0.0949. The van der Waals surface area contributed by atoms with Crippen LogP contribution in [0, 0.1) is 0 Å². The quantitative estimate of drug-likeness (QED) is 0.607. The Morgan fingerprint density at radius 3 is 2.80 bits per heavy atom. The molecule has 1 N–H and O–H groups in total. The fourth-order valence-electron chi connectivity index (χ4n) is 4.04. The summed E-state index contributed by atoms with van der Waals surface area (Å²) >= 11 is 0. The van der Waals surface area contributed by atoms with E-state index in [2.05, 4.69) is 22.1 Å². The van der Waals surface area contributed by atoms with Gasteiger partial charge in [0.05, 0.1) is 11.3 Å². The van der Waals surface area contributed by atoms with Crippen LogP contribution in [-0.4, -0.2) is 51.2 Å². The van der Waals surface area contributed by atoms with Gasteiger partial charge >= 0.3 is 0 Å². The van der Waals surface area contributed by atoms with E-state index in [4.69, 9.17) is 5.10 Å². The normalized spacial score (nSPS) is 17.0. The molecule has 6 heteroatoms. The minimum absolute atomic E-state index is 0.0947. The number of piperidine rings is 1. The summed E-state index contributed by atoms with van der Waals surface area (Å²) in [5.41, 5.74) is 2.97. The van der Waals surface area contributed by atoms with E-state index in [1.807, 2.05) is 42.5 Å². The SMILES string of the molecule is C[C@@H]1CCCCN1CCCNC(=O)c1cn(-c2ccccc2)nc1-c1cccnc1. The number of carbonyl (C=O) groups is 1. The molecule has 4 rings (SSSR count). The predicted octanol–water partition coefficient (Wildman–Crippen LogP) is 3.93. The Bertz CT molecular complexity index is 954. The van der Waals surface area contributed by atoms with Crippen LogP contribution in [0.4, 0.5) is 0 Å². The van der Waals surface area contributed by atoms with E-state index in [0.717, 1.165) is 24.2 Å². The van der Waals surface area contributed by atoms with Crippen molar-refractivity contribution in [2.24, 2.45) is 0 Å². The number of hydrogen-bond donors (Lipinski definition) is 1. The van der Waals surface area contributed by atoms with Crippen LogP contribution in [0.2, 0.25) is 0 Å². The summed E-state index contributed by atoms with van der Waals surface area (Å²) in [5, 5.41) is 7.78. The number of amides is 1. The largest absolute Gasteiger partial charge is 0.352 e. The van der Waals surface area contributed by atoms with Crippen LogP contribution >= 0.6 is 0 Å². The molecule has 2 aromatic heterocycles. The monoisotopic (exact) mass is 403 g/mol. The summed E-state index contributed by atoms with van der Waals surface area (Å²) in [7, 11) is 0. The van der Waals surface area contributed by atoms with Gasteiger partial charge in [-0.05, 0) is 57.0 Å². The second-order valence-electron chi connectivity index (χ2n) is 7.90. The van der Waals surface area contributed by atoms with Gasteiger partial charge in [0.2, 0.25) is 0 Å². The van der Waals surface area contributed by atoms with Crippen molar-refractivity contribution < 1.29 is 4.79 Å². The molecule has 1 aromatic carbocycles. The number of likely N-dealkylation sites (tertiary alicyclic amines) is 1. The van der Waals surface area contributed by atoms with Crippen molar-refractivity contribution in [2.75, 3.05) is 19.6 Å². The lowest BCUT2D eigenvalue weighted by Gasteiger charge is -2.33. The number of para-hydroxylation sites is 1. The van der Waals surface area contributed by atoms with Gasteiger partial charge in [0.1, 0.15) is 5.69 Å². The molecule has 1 fully saturated rings. The molecule has 1 atom stereocenters. The Balaban J connectivity index is 1.46. The topological polar surface area (TPSA) is 63.1 Å². The molecule has 0 saturated carbocycles. The van der Waals surface area contributed by atoms with Crippen molar-refractivity contribution >= 4 is 5.91 Å². The van der Waals surface area contributed by atoms with Crippen molar-refractivity contribution in [1.29, 1.82) is 0 Å². The average Bonchev–Trinajstić information content (AvgIpc) is 3.25. The maximum absolute atomic E-state index is 13.0. The summed E-state index contributed by atoms with van der Waals surface area (Å²) < 4.78 is 1.76. The van der Waals surface area contributed by atoms with E-state index in [0.29, 0.717) is 23.8 Å². The van der Waals surface area contributed by atoms with Crippen molar-refractivity contribution in [2.45, 2.75) is 38.6 Å². The summed E-state index contributed by atoms with van der Waals surface area (Å²) in [6.07, 6.45) is 10.1. The molecule has 0 radical (unpaired) electrons. The van der Waals surface area contributed by atoms with Gasteiger partial charge in [-0.1, -0.05) is 24.6 Å². The number of aromatic nitrogens is 3. The summed E-state index contributed by atoms with van der Waals surface area (Å²) in [5.74, 6) is -0.0947. The molecule has 1 aliphatic heterocycles. The third-order valence-electron chi connectivity index (χ3n) is 5.76. The molecule has 0 spiro atoms. The molecule has 6 nitrogen and oxygen atoms in total. The minimum atomic E-state index is -0.0947. The molecular formula is C24H29N5O. The lowest BCUT2D eigenvalue weighted by Crippen LogP contribution is -2.39. The van der Waals surface area contributed by atoms with Crippen LogP contribution in [0.5, 0.6) is 0 Å². The van der Waals surface area contributed by atoms with E-state index >= 15 is 0 Å². The highest BCUT2D eigenvalue weighted by atomic mass is 16.1. The fraction of sp³-hybridized carbons (Fsp3) is 0.375. The average molecular weight is 404 g/mol. The summed E-state index contributed by atoms with van der Waals surface area (Å²) in [4.78, 5) is 19.7. The van der Waals surface area contributed by atoms with E-state index < -0.39 is 0 Å². The van der Waals surface area contributed by atoms with Crippen LogP contribution in [-0.2, 0) is 0 Å². The number of pyridine rings is 1. The maximum atomic E-state index is 13.0. The van der Waals surface area contributed by atoms with E-state index in [1.54, 1.807) is 23.3 Å². The first kappa shape index (κ1) is 20.3. The Kier molecular flexibility index (Phi) is 6.54. The molecule has 1 saturated heterocycles. The van der Waals surface area contributed by atoms with Crippen molar-refractivity contribution in [3.63, 3.8) is 0 Å². The van der Waals surface area contributed by atoms with Gasteiger partial charge in [-0.3, -0.25) is 9.78 Å². The van der Waals surface area contributed by atoms with E-state index in [-0.39, 0.29) is 5.91 Å². The van der Waals surface area contributed by atoms with Gasteiger partial charge < -0.3 is 10.2 Å². The van der Waals surface area contributed by atoms with Gasteiger partial charge in [-0.15, -0.1) is 0 Å². The molecule has 3 aromatic rings. The second-order valence-corrected chi connectivity index (χ2v) is 7.90. The molecule has 30 heavy (non-hydrogen) atoms. The summed E-state index contributed by atoms with van der Waals surface area (Å²) in [6, 6.07) is 14.3. The van der Waals surface area contributed by atoms with Gasteiger partial charge in [-0.2, -0.15) is 5.10 Å². The first-order chi connectivity index (χ1) is 14.7.